The summed E-state index contributed by atoms with van der Waals surface area (Å²) in [7, 11) is 1.66. The fraction of sp³-hybridized carbons (Fsp3) is 0.136. The summed E-state index contributed by atoms with van der Waals surface area (Å²) in [5.74, 6) is 0.395. The molecular weight excluding hydrogens is 324 g/mol. The molecular formula is C22H22N2O2. The lowest BCUT2D eigenvalue weighted by atomic mass is 10.0. The van der Waals surface area contributed by atoms with Gasteiger partial charge in [-0.15, -0.1) is 0 Å². The molecule has 1 unspecified atom stereocenters. The Hall–Kier alpha value is -3.27. The first-order valence-corrected chi connectivity index (χ1v) is 8.49. The van der Waals surface area contributed by atoms with Crippen molar-refractivity contribution in [2.45, 2.75) is 12.5 Å². The number of carbonyl (C=O) groups excluding carboxylic acids is 1. The molecule has 0 aliphatic heterocycles. The largest absolute Gasteiger partial charge is 0.496 e. The van der Waals surface area contributed by atoms with Crippen molar-refractivity contribution in [1.29, 1.82) is 0 Å². The number of nitrogens with two attached hydrogens (primary N) is 1. The van der Waals surface area contributed by atoms with Crippen LogP contribution in [0.1, 0.15) is 22.7 Å². The van der Waals surface area contributed by atoms with Gasteiger partial charge in [0.1, 0.15) is 11.8 Å². The lowest BCUT2D eigenvalue weighted by Crippen LogP contribution is -2.27. The molecule has 0 aliphatic rings. The molecule has 0 bridgehead atoms. The summed E-state index contributed by atoms with van der Waals surface area (Å²) in [6.07, 6.45) is 0.742. The SMILES string of the molecule is COc1ccc(NC(C(N)=O)c2ccccc2)cc1Cc1ccccc1. The Bertz CT molecular complexity index is 864. The van der Waals surface area contributed by atoms with Gasteiger partial charge in [0.2, 0.25) is 5.91 Å². The van der Waals surface area contributed by atoms with Crippen molar-refractivity contribution in [2.75, 3.05) is 12.4 Å². The highest BCUT2D eigenvalue weighted by molar-refractivity contribution is 5.84. The van der Waals surface area contributed by atoms with Crippen LogP contribution < -0.4 is 15.8 Å². The van der Waals surface area contributed by atoms with E-state index >= 15 is 0 Å². The second-order valence-electron chi connectivity index (χ2n) is 6.08. The zero-order chi connectivity index (χ0) is 18.4. The van der Waals surface area contributed by atoms with E-state index in [2.05, 4.69) is 17.4 Å². The summed E-state index contributed by atoms with van der Waals surface area (Å²) < 4.78 is 5.49. The summed E-state index contributed by atoms with van der Waals surface area (Å²) in [5, 5.41) is 3.24. The molecule has 4 heteroatoms. The molecule has 3 rings (SSSR count). The highest BCUT2D eigenvalue weighted by atomic mass is 16.5. The zero-order valence-corrected chi connectivity index (χ0v) is 14.7. The average Bonchev–Trinajstić information content (AvgIpc) is 2.67. The molecule has 3 aromatic rings. The van der Waals surface area contributed by atoms with E-state index in [1.807, 2.05) is 66.7 Å². The number of anilines is 1. The van der Waals surface area contributed by atoms with Crippen LogP contribution in [0.15, 0.2) is 78.9 Å². The van der Waals surface area contributed by atoms with Gasteiger partial charge in [-0.3, -0.25) is 4.79 Å². The normalized spacial score (nSPS) is 11.6. The predicted molar refractivity (Wildman–Crippen MR) is 104 cm³/mol. The number of hydrogen-bond acceptors (Lipinski definition) is 3. The number of rotatable bonds is 7. The number of methoxy groups -OCH3 is 1. The van der Waals surface area contributed by atoms with Crippen molar-refractivity contribution in [3.05, 3.63) is 95.6 Å². The molecule has 0 aliphatic carbocycles. The quantitative estimate of drug-likeness (QED) is 0.681. The second-order valence-corrected chi connectivity index (χ2v) is 6.08. The summed E-state index contributed by atoms with van der Waals surface area (Å²) >= 11 is 0. The lowest BCUT2D eigenvalue weighted by Gasteiger charge is -2.19. The number of primary amides is 1. The summed E-state index contributed by atoms with van der Waals surface area (Å²) in [4.78, 5) is 11.9. The minimum atomic E-state index is -0.589. The molecule has 0 heterocycles. The molecule has 0 spiro atoms. The van der Waals surface area contributed by atoms with E-state index in [9.17, 15) is 4.79 Å². The molecule has 0 fully saturated rings. The molecule has 132 valence electrons. The highest BCUT2D eigenvalue weighted by Gasteiger charge is 2.18. The van der Waals surface area contributed by atoms with Crippen molar-refractivity contribution in [2.24, 2.45) is 5.73 Å². The minimum Gasteiger partial charge on any atom is -0.496 e. The number of ether oxygens (including phenoxy) is 1. The smallest absolute Gasteiger partial charge is 0.244 e. The Kier molecular flexibility index (Phi) is 5.54. The van der Waals surface area contributed by atoms with E-state index in [-0.39, 0.29) is 0 Å². The van der Waals surface area contributed by atoms with Gasteiger partial charge in [-0.05, 0) is 29.3 Å². The standard InChI is InChI=1S/C22H22N2O2/c1-26-20-13-12-19(15-18(20)14-16-8-4-2-5-9-16)24-21(22(23)25)17-10-6-3-7-11-17/h2-13,15,21,24H,14H2,1H3,(H2,23,25). The summed E-state index contributed by atoms with van der Waals surface area (Å²) in [6.45, 7) is 0. The van der Waals surface area contributed by atoms with Gasteiger partial charge >= 0.3 is 0 Å². The van der Waals surface area contributed by atoms with Crippen LogP contribution >= 0.6 is 0 Å². The molecule has 4 nitrogen and oxygen atoms in total. The molecule has 0 aromatic heterocycles. The van der Waals surface area contributed by atoms with Crippen molar-refractivity contribution in [1.82, 2.24) is 0 Å². The van der Waals surface area contributed by atoms with Crippen LogP contribution in [0, 0.1) is 0 Å². The van der Waals surface area contributed by atoms with Crippen molar-refractivity contribution >= 4 is 11.6 Å². The van der Waals surface area contributed by atoms with Crippen LogP contribution in [0.3, 0.4) is 0 Å². The van der Waals surface area contributed by atoms with Crippen LogP contribution in [0.4, 0.5) is 5.69 Å². The maximum Gasteiger partial charge on any atom is 0.244 e. The third-order valence-corrected chi connectivity index (χ3v) is 4.25. The Morgan fingerprint density at radius 2 is 1.65 bits per heavy atom. The number of carbonyl (C=O) groups is 1. The molecule has 3 aromatic carbocycles. The van der Waals surface area contributed by atoms with E-state index in [0.29, 0.717) is 0 Å². The van der Waals surface area contributed by atoms with Crippen LogP contribution in [-0.2, 0) is 11.2 Å². The molecule has 1 atom stereocenters. The molecule has 26 heavy (non-hydrogen) atoms. The number of benzene rings is 3. The van der Waals surface area contributed by atoms with Crippen LogP contribution in [0.25, 0.3) is 0 Å². The third kappa shape index (κ3) is 4.22. The van der Waals surface area contributed by atoms with Gasteiger partial charge in [-0.2, -0.15) is 0 Å². The van der Waals surface area contributed by atoms with E-state index in [1.54, 1.807) is 7.11 Å². The van der Waals surface area contributed by atoms with Gasteiger partial charge < -0.3 is 15.8 Å². The molecule has 0 saturated heterocycles. The van der Waals surface area contributed by atoms with E-state index in [0.717, 1.165) is 29.0 Å². The first-order chi connectivity index (χ1) is 12.7. The van der Waals surface area contributed by atoms with Gasteiger partial charge in [0.15, 0.2) is 0 Å². The van der Waals surface area contributed by atoms with Gasteiger partial charge in [0, 0.05) is 17.7 Å². The maximum absolute atomic E-state index is 11.9. The Labute approximate surface area is 153 Å². The topological polar surface area (TPSA) is 64.3 Å². The number of amides is 1. The maximum atomic E-state index is 11.9. The first-order valence-electron chi connectivity index (χ1n) is 8.49. The monoisotopic (exact) mass is 346 g/mol. The second kappa shape index (κ2) is 8.21. The average molecular weight is 346 g/mol. The molecule has 3 N–H and O–H groups in total. The van der Waals surface area contributed by atoms with E-state index < -0.39 is 11.9 Å². The molecule has 1 amide bonds. The van der Waals surface area contributed by atoms with Crippen molar-refractivity contribution in [3.63, 3.8) is 0 Å². The third-order valence-electron chi connectivity index (χ3n) is 4.25. The Morgan fingerprint density at radius 3 is 2.27 bits per heavy atom. The Morgan fingerprint density at radius 1 is 1.00 bits per heavy atom. The fourth-order valence-electron chi connectivity index (χ4n) is 2.95. The minimum absolute atomic E-state index is 0.420. The number of hydrogen-bond donors (Lipinski definition) is 2. The van der Waals surface area contributed by atoms with Crippen molar-refractivity contribution in [3.8, 4) is 5.75 Å². The van der Waals surface area contributed by atoms with Gasteiger partial charge in [0.05, 0.1) is 7.11 Å². The zero-order valence-electron chi connectivity index (χ0n) is 14.7. The fourth-order valence-corrected chi connectivity index (χ4v) is 2.95. The summed E-state index contributed by atoms with van der Waals surface area (Å²) in [5.41, 5.74) is 9.50. The first kappa shape index (κ1) is 17.5. The van der Waals surface area contributed by atoms with Crippen molar-refractivity contribution < 1.29 is 9.53 Å². The van der Waals surface area contributed by atoms with Crippen LogP contribution in [0.2, 0.25) is 0 Å². The molecule has 0 radical (unpaired) electrons. The van der Waals surface area contributed by atoms with Gasteiger partial charge in [0.25, 0.3) is 0 Å². The highest BCUT2D eigenvalue weighted by Crippen LogP contribution is 2.27. The Balaban J connectivity index is 1.88. The predicted octanol–water partition coefficient (Wildman–Crippen LogP) is 3.92. The lowest BCUT2D eigenvalue weighted by molar-refractivity contribution is -0.118. The van der Waals surface area contributed by atoms with Crippen LogP contribution in [0.5, 0.6) is 5.75 Å². The van der Waals surface area contributed by atoms with Gasteiger partial charge in [-0.1, -0.05) is 60.7 Å². The number of nitrogens with one attached hydrogen (secondary N) is 1. The summed E-state index contributed by atoms with van der Waals surface area (Å²) in [6, 6.07) is 24.9. The van der Waals surface area contributed by atoms with E-state index in [4.69, 9.17) is 10.5 Å². The van der Waals surface area contributed by atoms with E-state index in [1.165, 1.54) is 5.56 Å². The van der Waals surface area contributed by atoms with Gasteiger partial charge in [-0.25, -0.2) is 0 Å². The molecule has 0 saturated carbocycles. The van der Waals surface area contributed by atoms with Crippen LogP contribution in [-0.4, -0.2) is 13.0 Å².